The maximum Gasteiger partial charge on any atom is 0.147 e. The van der Waals surface area contributed by atoms with E-state index in [0.717, 1.165) is 54.6 Å². The average molecular weight is 526 g/mol. The Morgan fingerprint density at radius 3 is 2.26 bits per heavy atom. The molecule has 0 spiro atoms. The van der Waals surface area contributed by atoms with Crippen LogP contribution in [0.4, 0.5) is 0 Å². The van der Waals surface area contributed by atoms with E-state index >= 15 is 0 Å². The molecule has 5 aromatic carbocycles. The van der Waals surface area contributed by atoms with Gasteiger partial charge in [0.2, 0.25) is 0 Å². The lowest BCUT2D eigenvalue weighted by Gasteiger charge is -2.16. The summed E-state index contributed by atoms with van der Waals surface area (Å²) in [5, 5.41) is 2.29. The lowest BCUT2D eigenvalue weighted by atomic mass is 9.96. The fraction of sp³-hybridized carbons (Fsp3) is 0.139. The van der Waals surface area contributed by atoms with Gasteiger partial charge < -0.3 is 0 Å². The molecule has 7 aromatic rings. The number of thiophene rings is 1. The van der Waals surface area contributed by atoms with Gasteiger partial charge in [-0.1, -0.05) is 83.4 Å². The monoisotopic (exact) mass is 525 g/mol. The van der Waals surface area contributed by atoms with E-state index < -0.39 is 6.85 Å². The Labute approximate surface area is 237 Å². The van der Waals surface area contributed by atoms with E-state index in [1.165, 1.54) is 27.1 Å². The summed E-state index contributed by atoms with van der Waals surface area (Å²) in [7, 11) is 0. The first-order valence-corrected chi connectivity index (χ1v) is 14.0. The molecule has 0 bridgehead atoms. The van der Waals surface area contributed by atoms with Crippen molar-refractivity contribution in [1.82, 2.24) is 9.55 Å². The van der Waals surface area contributed by atoms with E-state index in [1.54, 1.807) is 17.4 Å². The fourth-order valence-electron chi connectivity index (χ4n) is 6.16. The van der Waals surface area contributed by atoms with Gasteiger partial charge in [-0.15, -0.1) is 11.3 Å². The van der Waals surface area contributed by atoms with Crippen molar-refractivity contribution in [3.63, 3.8) is 0 Å². The molecule has 0 atom stereocenters. The molecule has 0 unspecified atom stereocenters. The number of para-hydroxylation sites is 2. The average Bonchev–Trinajstić information content (AvgIpc) is 3.50. The van der Waals surface area contributed by atoms with Gasteiger partial charge in [0, 0.05) is 29.8 Å². The molecule has 0 saturated carbocycles. The number of nitrogens with zero attached hydrogens (tertiary/aromatic N) is 2. The second kappa shape index (κ2) is 8.93. The Morgan fingerprint density at radius 1 is 0.718 bits per heavy atom. The number of aromatic nitrogens is 2. The van der Waals surface area contributed by atoms with Crippen molar-refractivity contribution in [3.05, 3.63) is 119 Å². The van der Waals surface area contributed by atoms with E-state index in [9.17, 15) is 0 Å². The minimum absolute atomic E-state index is 0.368. The van der Waals surface area contributed by atoms with Gasteiger partial charge >= 0.3 is 0 Å². The minimum atomic E-state index is -2.16. The van der Waals surface area contributed by atoms with Crippen molar-refractivity contribution in [2.45, 2.75) is 34.5 Å². The van der Waals surface area contributed by atoms with E-state index in [2.05, 4.69) is 98.1 Å². The van der Waals surface area contributed by atoms with Gasteiger partial charge in [0.25, 0.3) is 0 Å². The first-order valence-electron chi connectivity index (χ1n) is 14.7. The van der Waals surface area contributed by atoms with Crippen LogP contribution in [0.3, 0.4) is 0 Å². The number of rotatable bonds is 3. The highest BCUT2D eigenvalue weighted by Gasteiger charge is 2.21. The number of aryl methyl sites for hydroxylation is 5. The van der Waals surface area contributed by atoms with Crippen LogP contribution in [0, 0.1) is 34.5 Å². The van der Waals surface area contributed by atoms with Gasteiger partial charge in [-0.05, 0) is 81.1 Å². The summed E-state index contributed by atoms with van der Waals surface area (Å²) in [4.78, 5) is 5.22. The summed E-state index contributed by atoms with van der Waals surface area (Å²) in [5.41, 5.74) is 11.2. The quantitative estimate of drug-likeness (QED) is 0.224. The molecule has 0 aliphatic heterocycles. The van der Waals surface area contributed by atoms with Crippen LogP contribution in [0.2, 0.25) is 0 Å². The number of fused-ring (bicyclic) bond motifs is 4. The number of hydrogen-bond donors (Lipinski definition) is 0. The molecular formula is C36H30N2S. The molecule has 3 heteroatoms. The third kappa shape index (κ3) is 3.80. The third-order valence-corrected chi connectivity index (χ3v) is 8.78. The van der Waals surface area contributed by atoms with E-state index in [1.807, 2.05) is 19.1 Å². The molecule has 190 valence electrons. The molecule has 0 fully saturated rings. The third-order valence-electron chi connectivity index (χ3n) is 7.57. The van der Waals surface area contributed by atoms with Crippen LogP contribution in [0.15, 0.2) is 91.0 Å². The topological polar surface area (TPSA) is 17.8 Å². The molecule has 0 saturated heterocycles. The summed E-state index contributed by atoms with van der Waals surface area (Å²) in [5.74, 6) is 0.921. The lowest BCUT2D eigenvalue weighted by Crippen LogP contribution is -2.03. The molecule has 2 nitrogen and oxygen atoms in total. The molecule has 0 aliphatic carbocycles. The normalized spacial score (nSPS) is 13.2. The number of benzene rings is 5. The van der Waals surface area contributed by atoms with E-state index in [4.69, 9.17) is 9.10 Å². The molecule has 2 heterocycles. The summed E-state index contributed by atoms with van der Waals surface area (Å²) in [6.07, 6.45) is 0. The van der Waals surface area contributed by atoms with Crippen LogP contribution in [0.1, 0.15) is 31.9 Å². The second-order valence-electron chi connectivity index (χ2n) is 10.6. The van der Waals surface area contributed by atoms with Crippen molar-refractivity contribution in [1.29, 1.82) is 0 Å². The lowest BCUT2D eigenvalue weighted by molar-refractivity contribution is 1.06. The second-order valence-corrected chi connectivity index (χ2v) is 11.6. The molecule has 0 N–H and O–H groups in total. The van der Waals surface area contributed by atoms with Crippen LogP contribution >= 0.6 is 11.3 Å². The van der Waals surface area contributed by atoms with Crippen LogP contribution < -0.4 is 0 Å². The van der Waals surface area contributed by atoms with Crippen molar-refractivity contribution in [3.8, 4) is 28.2 Å². The molecule has 2 aromatic heterocycles. The largest absolute Gasteiger partial charge is 0.292 e. The van der Waals surface area contributed by atoms with Crippen molar-refractivity contribution >= 4 is 42.5 Å². The number of imidazole rings is 1. The Hall–Kier alpha value is -4.21. The van der Waals surface area contributed by atoms with Crippen LogP contribution in [0.25, 0.3) is 59.4 Å². The van der Waals surface area contributed by atoms with Gasteiger partial charge in [-0.3, -0.25) is 4.57 Å². The van der Waals surface area contributed by atoms with Crippen molar-refractivity contribution < 1.29 is 4.11 Å². The van der Waals surface area contributed by atoms with E-state index in [-0.39, 0.29) is 0 Å². The SMILES string of the molecule is [2H]C([2H])([2H])c1cc(C)cc(-c2cccc3sc4c(-c5nc6ccccc6n5-c5c(C)cc(C)cc5C)cccc4c23)c1. The van der Waals surface area contributed by atoms with Crippen molar-refractivity contribution in [2.75, 3.05) is 0 Å². The smallest absolute Gasteiger partial charge is 0.147 e. The first-order chi connectivity index (χ1) is 20.1. The predicted molar refractivity (Wildman–Crippen MR) is 169 cm³/mol. The highest BCUT2D eigenvalue weighted by atomic mass is 32.1. The maximum absolute atomic E-state index is 8.02. The fourth-order valence-corrected chi connectivity index (χ4v) is 7.40. The predicted octanol–water partition coefficient (Wildman–Crippen LogP) is 10.3. The molecule has 0 radical (unpaired) electrons. The Morgan fingerprint density at radius 2 is 1.44 bits per heavy atom. The zero-order chi connectivity index (χ0) is 29.3. The molecule has 0 amide bonds. The summed E-state index contributed by atoms with van der Waals surface area (Å²) >= 11 is 1.77. The molecule has 0 aliphatic rings. The van der Waals surface area contributed by atoms with Crippen LogP contribution in [-0.4, -0.2) is 9.55 Å². The standard InChI is InChI=1S/C36H30N2S/c1-21-16-22(2)20-26(19-21)27-10-9-15-32-33(27)28-11-8-12-29(35(28)39-32)36-37-30-13-6-7-14-31(30)38(36)34-24(4)17-23(3)18-25(34)5/h6-20H,1-5H3/i1D3. The zero-order valence-corrected chi connectivity index (χ0v) is 23.3. The van der Waals surface area contributed by atoms with Crippen LogP contribution in [0.5, 0.6) is 0 Å². The highest BCUT2D eigenvalue weighted by molar-refractivity contribution is 7.26. The Kier molecular flexibility index (Phi) is 4.74. The van der Waals surface area contributed by atoms with Crippen molar-refractivity contribution in [2.24, 2.45) is 0 Å². The molecular weight excluding hydrogens is 492 g/mol. The summed E-state index contributed by atoms with van der Waals surface area (Å²) < 4.78 is 28.7. The van der Waals surface area contributed by atoms with E-state index in [0.29, 0.717) is 5.56 Å². The highest BCUT2D eigenvalue weighted by Crippen LogP contribution is 2.45. The molecule has 39 heavy (non-hydrogen) atoms. The van der Waals surface area contributed by atoms with Gasteiger partial charge in [0.05, 0.1) is 16.7 Å². The van der Waals surface area contributed by atoms with Gasteiger partial charge in [0.1, 0.15) is 5.82 Å². The van der Waals surface area contributed by atoms with Gasteiger partial charge in [0.15, 0.2) is 0 Å². The van der Waals surface area contributed by atoms with Gasteiger partial charge in [-0.2, -0.15) is 0 Å². The maximum atomic E-state index is 8.02. The summed E-state index contributed by atoms with van der Waals surface area (Å²) in [6.45, 7) is 6.29. The zero-order valence-electron chi connectivity index (χ0n) is 25.5. The van der Waals surface area contributed by atoms with Crippen LogP contribution in [-0.2, 0) is 0 Å². The Balaban J connectivity index is 1.53. The molecule has 7 rings (SSSR count). The summed E-state index contributed by atoms with van der Waals surface area (Å²) in [6, 6.07) is 31.3. The number of hydrogen-bond acceptors (Lipinski definition) is 2. The Bertz CT molecular complexity index is 2160. The van der Waals surface area contributed by atoms with Gasteiger partial charge in [-0.25, -0.2) is 4.98 Å². The first kappa shape index (κ1) is 20.7. The minimum Gasteiger partial charge on any atom is -0.292 e.